The molecule has 1 atom stereocenters. The van der Waals surface area contributed by atoms with E-state index in [1.54, 1.807) is 7.11 Å². The summed E-state index contributed by atoms with van der Waals surface area (Å²) in [6.07, 6.45) is 0.726. The van der Waals surface area contributed by atoms with Crippen molar-refractivity contribution in [3.8, 4) is 0 Å². The number of carbonyl (C=O) groups excluding carboxylic acids is 1. The fourth-order valence-electron chi connectivity index (χ4n) is 1.92. The van der Waals surface area contributed by atoms with Gasteiger partial charge in [-0.3, -0.25) is 9.69 Å². The molecule has 0 saturated carbocycles. The highest BCUT2D eigenvalue weighted by Gasteiger charge is 2.23. The number of nitrogens with zero attached hydrogens (tertiary/aromatic N) is 1. The Morgan fingerprint density at radius 1 is 1.21 bits per heavy atom. The van der Waals surface area contributed by atoms with Gasteiger partial charge in [-0.15, -0.1) is 0 Å². The zero-order valence-corrected chi connectivity index (χ0v) is 12.0. The molecule has 0 aliphatic carbocycles. The Morgan fingerprint density at radius 2 is 1.95 bits per heavy atom. The van der Waals surface area contributed by atoms with Crippen LogP contribution in [0.3, 0.4) is 0 Å². The average Bonchev–Trinajstić information content (AvgIpc) is 2.46. The summed E-state index contributed by atoms with van der Waals surface area (Å²) in [5.74, 6) is -0.140. The lowest BCUT2D eigenvalue weighted by Crippen LogP contribution is -2.50. The van der Waals surface area contributed by atoms with Crippen molar-refractivity contribution in [1.82, 2.24) is 10.2 Å². The molecule has 1 fully saturated rings. The molecule has 6 heteroatoms. The van der Waals surface area contributed by atoms with E-state index in [1.807, 2.05) is 6.92 Å². The highest BCUT2D eigenvalue weighted by atomic mass is 16.5. The summed E-state index contributed by atoms with van der Waals surface area (Å²) in [5.41, 5.74) is 0. The molecule has 0 bridgehead atoms. The minimum absolute atomic E-state index is 0.140. The molecule has 1 saturated heterocycles. The van der Waals surface area contributed by atoms with Gasteiger partial charge in [0, 0.05) is 46.3 Å². The van der Waals surface area contributed by atoms with E-state index in [-0.39, 0.29) is 12.0 Å². The van der Waals surface area contributed by atoms with Gasteiger partial charge in [-0.1, -0.05) is 0 Å². The van der Waals surface area contributed by atoms with Crippen LogP contribution in [0.25, 0.3) is 0 Å². The van der Waals surface area contributed by atoms with Crippen molar-refractivity contribution in [3.05, 3.63) is 0 Å². The van der Waals surface area contributed by atoms with E-state index in [1.165, 1.54) is 0 Å². The fourth-order valence-corrected chi connectivity index (χ4v) is 1.92. The van der Waals surface area contributed by atoms with Crippen molar-refractivity contribution in [2.75, 3.05) is 59.7 Å². The van der Waals surface area contributed by atoms with Gasteiger partial charge in [-0.2, -0.15) is 0 Å². The van der Waals surface area contributed by atoms with Crippen LogP contribution in [-0.2, 0) is 19.0 Å². The molecule has 0 radical (unpaired) electrons. The van der Waals surface area contributed by atoms with Crippen LogP contribution >= 0.6 is 0 Å². The SMILES string of the molecule is COCCOCCCOC(=O)C(C)N1CCNCC1. The molecule has 1 rings (SSSR count). The van der Waals surface area contributed by atoms with Gasteiger partial charge in [-0.25, -0.2) is 0 Å². The summed E-state index contributed by atoms with van der Waals surface area (Å²) in [7, 11) is 1.64. The van der Waals surface area contributed by atoms with Crippen LogP contribution < -0.4 is 5.32 Å². The van der Waals surface area contributed by atoms with Gasteiger partial charge in [0.05, 0.1) is 19.8 Å². The zero-order chi connectivity index (χ0) is 13.9. The summed E-state index contributed by atoms with van der Waals surface area (Å²) >= 11 is 0. The third-order valence-corrected chi connectivity index (χ3v) is 3.15. The first-order valence-corrected chi connectivity index (χ1v) is 6.93. The van der Waals surface area contributed by atoms with Crippen LogP contribution in [-0.4, -0.2) is 76.6 Å². The van der Waals surface area contributed by atoms with Crippen LogP contribution in [0, 0.1) is 0 Å². The second kappa shape index (κ2) is 10.1. The second-order valence-corrected chi connectivity index (χ2v) is 4.59. The van der Waals surface area contributed by atoms with Crippen molar-refractivity contribution < 1.29 is 19.0 Å². The molecular formula is C13H26N2O4. The normalized spacial score (nSPS) is 18.2. The third kappa shape index (κ3) is 6.87. The molecule has 1 N–H and O–H groups in total. The predicted molar refractivity (Wildman–Crippen MR) is 72.2 cm³/mol. The van der Waals surface area contributed by atoms with E-state index in [4.69, 9.17) is 14.2 Å². The van der Waals surface area contributed by atoms with E-state index in [0.29, 0.717) is 26.4 Å². The lowest BCUT2D eigenvalue weighted by atomic mass is 10.2. The Bertz CT molecular complexity index is 245. The number of esters is 1. The van der Waals surface area contributed by atoms with Gasteiger partial charge in [-0.05, 0) is 6.92 Å². The third-order valence-electron chi connectivity index (χ3n) is 3.15. The van der Waals surface area contributed by atoms with Crippen molar-refractivity contribution in [1.29, 1.82) is 0 Å². The van der Waals surface area contributed by atoms with Crippen LogP contribution in [0.5, 0.6) is 0 Å². The quantitative estimate of drug-likeness (QED) is 0.467. The van der Waals surface area contributed by atoms with Crippen LogP contribution in [0.15, 0.2) is 0 Å². The van der Waals surface area contributed by atoms with Crippen LogP contribution in [0.4, 0.5) is 0 Å². The first kappa shape index (κ1) is 16.4. The Labute approximate surface area is 115 Å². The largest absolute Gasteiger partial charge is 0.464 e. The molecule has 0 aromatic heterocycles. The van der Waals surface area contributed by atoms with E-state index in [2.05, 4.69) is 10.2 Å². The summed E-state index contributed by atoms with van der Waals surface area (Å²) in [5, 5.41) is 3.26. The summed E-state index contributed by atoms with van der Waals surface area (Å²) < 4.78 is 15.4. The predicted octanol–water partition coefficient (Wildman–Crippen LogP) is -0.124. The minimum atomic E-state index is -0.156. The van der Waals surface area contributed by atoms with Gasteiger partial charge in [0.2, 0.25) is 0 Å². The lowest BCUT2D eigenvalue weighted by molar-refractivity contribution is -0.150. The summed E-state index contributed by atoms with van der Waals surface area (Å²) in [6.45, 7) is 7.77. The fraction of sp³-hybridized carbons (Fsp3) is 0.923. The number of methoxy groups -OCH3 is 1. The van der Waals surface area contributed by atoms with Gasteiger partial charge in [0.1, 0.15) is 6.04 Å². The van der Waals surface area contributed by atoms with Gasteiger partial charge < -0.3 is 19.5 Å². The van der Waals surface area contributed by atoms with Gasteiger partial charge in [0.25, 0.3) is 0 Å². The highest BCUT2D eigenvalue weighted by molar-refractivity contribution is 5.75. The lowest BCUT2D eigenvalue weighted by Gasteiger charge is -2.31. The smallest absolute Gasteiger partial charge is 0.323 e. The standard InChI is InChI=1S/C13H26N2O4/c1-12(15-6-4-14-5-7-15)13(16)19-9-3-8-18-11-10-17-2/h12,14H,3-11H2,1-2H3. The van der Waals surface area contributed by atoms with Crippen LogP contribution in [0.1, 0.15) is 13.3 Å². The molecule has 19 heavy (non-hydrogen) atoms. The Balaban J connectivity index is 2.03. The molecule has 1 heterocycles. The number of rotatable bonds is 9. The molecule has 112 valence electrons. The van der Waals surface area contributed by atoms with E-state index >= 15 is 0 Å². The maximum Gasteiger partial charge on any atom is 0.323 e. The number of ether oxygens (including phenoxy) is 3. The van der Waals surface area contributed by atoms with Crippen molar-refractivity contribution in [2.24, 2.45) is 0 Å². The first-order valence-electron chi connectivity index (χ1n) is 6.93. The number of carbonyl (C=O) groups is 1. The van der Waals surface area contributed by atoms with Crippen molar-refractivity contribution in [3.63, 3.8) is 0 Å². The summed E-state index contributed by atoms with van der Waals surface area (Å²) in [4.78, 5) is 14.0. The zero-order valence-electron chi connectivity index (χ0n) is 12.0. The van der Waals surface area contributed by atoms with E-state index < -0.39 is 0 Å². The monoisotopic (exact) mass is 274 g/mol. The van der Waals surface area contributed by atoms with Crippen molar-refractivity contribution in [2.45, 2.75) is 19.4 Å². The molecule has 0 amide bonds. The maximum atomic E-state index is 11.8. The van der Waals surface area contributed by atoms with Gasteiger partial charge in [0.15, 0.2) is 0 Å². The molecular weight excluding hydrogens is 248 g/mol. The van der Waals surface area contributed by atoms with Gasteiger partial charge >= 0.3 is 5.97 Å². The maximum absolute atomic E-state index is 11.8. The Hall–Kier alpha value is -0.690. The number of hydrogen-bond acceptors (Lipinski definition) is 6. The minimum Gasteiger partial charge on any atom is -0.464 e. The average molecular weight is 274 g/mol. The molecule has 1 aliphatic rings. The molecule has 1 unspecified atom stereocenters. The van der Waals surface area contributed by atoms with Crippen molar-refractivity contribution >= 4 is 5.97 Å². The van der Waals surface area contributed by atoms with Crippen LogP contribution in [0.2, 0.25) is 0 Å². The number of nitrogens with one attached hydrogen (secondary N) is 1. The number of piperazine rings is 1. The Morgan fingerprint density at radius 3 is 2.63 bits per heavy atom. The van der Waals surface area contributed by atoms with E-state index in [0.717, 1.165) is 32.6 Å². The second-order valence-electron chi connectivity index (χ2n) is 4.59. The molecule has 6 nitrogen and oxygen atoms in total. The molecule has 0 spiro atoms. The Kier molecular flexibility index (Phi) is 8.73. The molecule has 1 aliphatic heterocycles. The van der Waals surface area contributed by atoms with E-state index in [9.17, 15) is 4.79 Å². The highest BCUT2D eigenvalue weighted by Crippen LogP contribution is 2.03. The molecule has 0 aromatic rings. The number of hydrogen-bond donors (Lipinski definition) is 1. The first-order chi connectivity index (χ1) is 9.25. The topological polar surface area (TPSA) is 60.0 Å². The molecule has 0 aromatic carbocycles. The summed E-state index contributed by atoms with van der Waals surface area (Å²) in [6, 6.07) is -0.156.